The van der Waals surface area contributed by atoms with Crippen molar-refractivity contribution in [1.29, 1.82) is 0 Å². The van der Waals surface area contributed by atoms with Gasteiger partial charge in [-0.2, -0.15) is 0 Å². The highest BCUT2D eigenvalue weighted by Crippen LogP contribution is 2.10. The van der Waals surface area contributed by atoms with Crippen molar-refractivity contribution in [3.63, 3.8) is 0 Å². The molecule has 3 rings (SSSR count). The number of fused-ring (bicyclic) bond motifs is 1. The van der Waals surface area contributed by atoms with Crippen molar-refractivity contribution in [2.75, 3.05) is 6.54 Å². The molecule has 1 heterocycles. The Labute approximate surface area is 153 Å². The van der Waals surface area contributed by atoms with Crippen molar-refractivity contribution >= 4 is 16.8 Å². The fraction of sp³-hybridized carbons (Fsp3) is 0.273. The van der Waals surface area contributed by atoms with Crippen LogP contribution in [0.3, 0.4) is 0 Å². The zero-order valence-corrected chi connectivity index (χ0v) is 15.0. The summed E-state index contributed by atoms with van der Waals surface area (Å²) in [5.74, 6) is 0.0155. The van der Waals surface area contributed by atoms with Gasteiger partial charge in [-0.15, -0.1) is 0 Å². The van der Waals surface area contributed by atoms with Crippen LogP contribution in [-0.2, 0) is 24.1 Å². The molecule has 1 amide bonds. The molecule has 0 saturated carbocycles. The van der Waals surface area contributed by atoms with Gasteiger partial charge in [-0.05, 0) is 47.9 Å². The number of benzene rings is 2. The minimum Gasteiger partial charge on any atom is -0.356 e. The Kier molecular flexibility index (Phi) is 5.84. The van der Waals surface area contributed by atoms with E-state index in [1.165, 1.54) is 11.1 Å². The summed E-state index contributed by atoms with van der Waals surface area (Å²) in [5, 5.41) is 3.91. The third kappa shape index (κ3) is 4.60. The quantitative estimate of drug-likeness (QED) is 0.687. The van der Waals surface area contributed by atoms with Crippen LogP contribution in [0.1, 0.15) is 30.0 Å². The number of aromatic nitrogens is 1. The maximum Gasteiger partial charge on any atom is 0.251 e. The molecule has 0 aliphatic carbocycles. The van der Waals surface area contributed by atoms with Gasteiger partial charge in [-0.3, -0.25) is 9.59 Å². The van der Waals surface area contributed by atoms with Crippen LogP contribution in [0.2, 0.25) is 0 Å². The lowest BCUT2D eigenvalue weighted by atomic mass is 10.1. The number of amides is 1. The predicted octanol–water partition coefficient (Wildman–Crippen LogP) is 3.38. The maximum atomic E-state index is 12.1. The number of carbonyl (C=O) groups excluding carboxylic acids is 1. The number of hydrogen-bond acceptors (Lipinski definition) is 2. The fourth-order valence-electron chi connectivity index (χ4n) is 3.00. The highest BCUT2D eigenvalue weighted by Gasteiger charge is 2.05. The van der Waals surface area contributed by atoms with E-state index in [4.69, 9.17) is 0 Å². The molecule has 0 spiro atoms. The number of nitrogens with one attached hydrogen (secondary N) is 2. The average molecular weight is 348 g/mol. The standard InChI is InChI=1S/C22H24N2O2/c1-2-16-7-9-17(10-8-16)11-12-21(25)23-14-13-19-15-18-5-3-4-6-20(18)24-22(19)26/h3-10,15H,2,11-14H2,1H3,(H,23,25)(H,24,26). The topological polar surface area (TPSA) is 62.0 Å². The van der Waals surface area contributed by atoms with Crippen molar-refractivity contribution in [2.24, 2.45) is 0 Å². The second-order valence-electron chi connectivity index (χ2n) is 6.48. The van der Waals surface area contributed by atoms with Crippen LogP contribution < -0.4 is 10.9 Å². The molecular formula is C22H24N2O2. The molecule has 4 nitrogen and oxygen atoms in total. The Hall–Kier alpha value is -2.88. The molecule has 26 heavy (non-hydrogen) atoms. The minimum atomic E-state index is -0.0889. The van der Waals surface area contributed by atoms with Crippen LogP contribution in [0.5, 0.6) is 0 Å². The number of pyridine rings is 1. The second kappa shape index (κ2) is 8.48. The van der Waals surface area contributed by atoms with Crippen LogP contribution in [0, 0.1) is 0 Å². The lowest BCUT2D eigenvalue weighted by molar-refractivity contribution is -0.121. The van der Waals surface area contributed by atoms with Gasteiger partial charge in [-0.25, -0.2) is 0 Å². The van der Waals surface area contributed by atoms with Crippen molar-refractivity contribution < 1.29 is 4.79 Å². The van der Waals surface area contributed by atoms with Gasteiger partial charge in [0.15, 0.2) is 0 Å². The van der Waals surface area contributed by atoms with E-state index in [-0.39, 0.29) is 11.5 Å². The zero-order chi connectivity index (χ0) is 18.4. The van der Waals surface area contributed by atoms with E-state index in [9.17, 15) is 9.59 Å². The first kappa shape index (κ1) is 17.9. The SMILES string of the molecule is CCc1ccc(CCC(=O)NCCc2cc3ccccc3[nH]c2=O)cc1. The van der Waals surface area contributed by atoms with Crippen LogP contribution in [0.15, 0.2) is 59.4 Å². The smallest absolute Gasteiger partial charge is 0.251 e. The van der Waals surface area contributed by atoms with Gasteiger partial charge in [0.2, 0.25) is 5.91 Å². The van der Waals surface area contributed by atoms with Crippen molar-refractivity contribution in [3.8, 4) is 0 Å². The monoisotopic (exact) mass is 348 g/mol. The third-order valence-corrected chi connectivity index (χ3v) is 4.62. The van der Waals surface area contributed by atoms with E-state index in [2.05, 4.69) is 41.5 Å². The summed E-state index contributed by atoms with van der Waals surface area (Å²) in [5.41, 5.74) is 3.91. The van der Waals surface area contributed by atoms with Gasteiger partial charge in [-0.1, -0.05) is 49.4 Å². The zero-order valence-electron chi connectivity index (χ0n) is 15.0. The molecule has 0 radical (unpaired) electrons. The average Bonchev–Trinajstić information content (AvgIpc) is 2.67. The van der Waals surface area contributed by atoms with Gasteiger partial charge < -0.3 is 10.3 Å². The first-order valence-corrected chi connectivity index (χ1v) is 9.11. The third-order valence-electron chi connectivity index (χ3n) is 4.62. The molecule has 1 aromatic heterocycles. The Balaban J connectivity index is 1.49. The van der Waals surface area contributed by atoms with Crippen molar-refractivity contribution in [2.45, 2.75) is 32.6 Å². The Morgan fingerprint density at radius 3 is 2.50 bits per heavy atom. The van der Waals surface area contributed by atoms with Crippen molar-refractivity contribution in [1.82, 2.24) is 10.3 Å². The van der Waals surface area contributed by atoms with Gasteiger partial charge in [0.05, 0.1) is 0 Å². The molecule has 0 fully saturated rings. The molecule has 134 valence electrons. The Morgan fingerprint density at radius 2 is 1.73 bits per heavy atom. The largest absolute Gasteiger partial charge is 0.356 e. The first-order valence-electron chi connectivity index (χ1n) is 9.11. The molecular weight excluding hydrogens is 324 g/mol. The summed E-state index contributed by atoms with van der Waals surface area (Å²) in [7, 11) is 0. The molecule has 0 unspecified atom stereocenters. The van der Waals surface area contributed by atoms with Crippen LogP contribution >= 0.6 is 0 Å². The maximum absolute atomic E-state index is 12.1. The number of hydrogen-bond donors (Lipinski definition) is 2. The lowest BCUT2D eigenvalue weighted by Crippen LogP contribution is -2.27. The number of rotatable bonds is 7. The Bertz CT molecular complexity index is 942. The fourth-order valence-corrected chi connectivity index (χ4v) is 3.00. The number of para-hydroxylation sites is 1. The van der Waals surface area contributed by atoms with E-state index in [1.807, 2.05) is 30.3 Å². The second-order valence-corrected chi connectivity index (χ2v) is 6.48. The van der Waals surface area contributed by atoms with E-state index in [0.29, 0.717) is 24.9 Å². The van der Waals surface area contributed by atoms with Gasteiger partial charge in [0.25, 0.3) is 5.56 Å². The predicted molar refractivity (Wildman–Crippen MR) is 105 cm³/mol. The summed E-state index contributed by atoms with van der Waals surface area (Å²) in [6, 6.07) is 18.0. The van der Waals surface area contributed by atoms with E-state index in [0.717, 1.165) is 23.7 Å². The van der Waals surface area contributed by atoms with Crippen LogP contribution in [0.25, 0.3) is 10.9 Å². The minimum absolute atomic E-state index is 0.0155. The number of aromatic amines is 1. The number of carbonyl (C=O) groups is 1. The normalized spacial score (nSPS) is 10.8. The highest BCUT2D eigenvalue weighted by atomic mass is 16.1. The van der Waals surface area contributed by atoms with Crippen LogP contribution in [0.4, 0.5) is 0 Å². The van der Waals surface area contributed by atoms with E-state index < -0.39 is 0 Å². The van der Waals surface area contributed by atoms with Gasteiger partial charge in [0, 0.05) is 24.0 Å². The molecule has 0 bridgehead atoms. The summed E-state index contributed by atoms with van der Waals surface area (Å²) >= 11 is 0. The molecule has 3 aromatic rings. The summed E-state index contributed by atoms with van der Waals surface area (Å²) < 4.78 is 0. The lowest BCUT2D eigenvalue weighted by Gasteiger charge is -2.07. The number of H-pyrrole nitrogens is 1. The van der Waals surface area contributed by atoms with E-state index in [1.54, 1.807) is 0 Å². The molecule has 0 saturated heterocycles. The molecule has 0 aliphatic heterocycles. The van der Waals surface area contributed by atoms with E-state index >= 15 is 0 Å². The van der Waals surface area contributed by atoms with Crippen molar-refractivity contribution in [3.05, 3.63) is 81.6 Å². The first-order chi connectivity index (χ1) is 12.7. The molecule has 2 N–H and O–H groups in total. The Morgan fingerprint density at radius 1 is 1.00 bits per heavy atom. The number of aryl methyl sites for hydroxylation is 2. The molecule has 2 aromatic carbocycles. The summed E-state index contributed by atoms with van der Waals surface area (Å²) in [4.78, 5) is 27.0. The summed E-state index contributed by atoms with van der Waals surface area (Å²) in [6.07, 6.45) is 2.73. The molecule has 0 aliphatic rings. The van der Waals surface area contributed by atoms with Gasteiger partial charge >= 0.3 is 0 Å². The van der Waals surface area contributed by atoms with Crippen LogP contribution in [-0.4, -0.2) is 17.4 Å². The molecule has 4 heteroatoms. The summed E-state index contributed by atoms with van der Waals surface area (Å²) in [6.45, 7) is 2.60. The highest BCUT2D eigenvalue weighted by molar-refractivity contribution is 5.79. The van der Waals surface area contributed by atoms with Gasteiger partial charge in [0.1, 0.15) is 0 Å². The molecule has 0 atom stereocenters.